The van der Waals surface area contributed by atoms with E-state index in [0.717, 1.165) is 26.1 Å². The highest BCUT2D eigenvalue weighted by molar-refractivity contribution is 5.21. The third-order valence-electron chi connectivity index (χ3n) is 3.58. The SMILES string of the molecule is C/C=C(C)/C=C/N(Cc1ccccc1)C1=CCNCC1. The molecule has 1 aromatic carbocycles. The quantitative estimate of drug-likeness (QED) is 0.816. The highest BCUT2D eigenvalue weighted by Crippen LogP contribution is 2.17. The van der Waals surface area contributed by atoms with Crippen molar-refractivity contribution in [3.63, 3.8) is 0 Å². The van der Waals surface area contributed by atoms with E-state index in [9.17, 15) is 0 Å². The number of hydrogen-bond acceptors (Lipinski definition) is 2. The van der Waals surface area contributed by atoms with Gasteiger partial charge in [0.15, 0.2) is 0 Å². The highest BCUT2D eigenvalue weighted by atomic mass is 15.1. The van der Waals surface area contributed by atoms with Crippen LogP contribution in [0.5, 0.6) is 0 Å². The zero-order valence-corrected chi connectivity index (χ0v) is 12.5. The van der Waals surface area contributed by atoms with E-state index in [1.165, 1.54) is 16.8 Å². The molecule has 2 nitrogen and oxygen atoms in total. The molecule has 2 rings (SSSR count). The highest BCUT2D eigenvalue weighted by Gasteiger charge is 2.10. The predicted molar refractivity (Wildman–Crippen MR) is 86.1 cm³/mol. The third kappa shape index (κ3) is 4.39. The van der Waals surface area contributed by atoms with Crippen LogP contribution in [0.1, 0.15) is 25.8 Å². The summed E-state index contributed by atoms with van der Waals surface area (Å²) in [6.07, 6.45) is 9.91. The molecule has 0 spiro atoms. The van der Waals surface area contributed by atoms with Gasteiger partial charge in [0.25, 0.3) is 0 Å². The number of nitrogens with one attached hydrogen (secondary N) is 1. The zero-order valence-electron chi connectivity index (χ0n) is 12.5. The molecule has 0 saturated heterocycles. The molecule has 0 saturated carbocycles. The molecular formula is C18H24N2. The van der Waals surface area contributed by atoms with E-state index in [1.54, 1.807) is 0 Å². The molecule has 106 valence electrons. The molecule has 1 aliphatic heterocycles. The normalized spacial score (nSPS) is 16.3. The third-order valence-corrected chi connectivity index (χ3v) is 3.58. The Balaban J connectivity index is 2.15. The minimum Gasteiger partial charge on any atom is -0.347 e. The van der Waals surface area contributed by atoms with E-state index in [1.807, 2.05) is 0 Å². The Morgan fingerprint density at radius 2 is 2.10 bits per heavy atom. The summed E-state index contributed by atoms with van der Waals surface area (Å²) in [6, 6.07) is 10.6. The van der Waals surface area contributed by atoms with Gasteiger partial charge in [0.1, 0.15) is 0 Å². The van der Waals surface area contributed by atoms with Gasteiger partial charge in [-0.25, -0.2) is 0 Å². The van der Waals surface area contributed by atoms with Crippen LogP contribution in [0.15, 0.2) is 66.0 Å². The van der Waals surface area contributed by atoms with Gasteiger partial charge < -0.3 is 10.2 Å². The van der Waals surface area contributed by atoms with Gasteiger partial charge in [0.2, 0.25) is 0 Å². The summed E-state index contributed by atoms with van der Waals surface area (Å²) in [5, 5.41) is 3.37. The Morgan fingerprint density at radius 3 is 2.75 bits per heavy atom. The van der Waals surface area contributed by atoms with Crippen LogP contribution in [0.4, 0.5) is 0 Å². The largest absolute Gasteiger partial charge is 0.347 e. The van der Waals surface area contributed by atoms with Crippen molar-refractivity contribution in [2.75, 3.05) is 13.1 Å². The molecule has 1 N–H and O–H groups in total. The van der Waals surface area contributed by atoms with Gasteiger partial charge in [-0.3, -0.25) is 0 Å². The van der Waals surface area contributed by atoms with Gasteiger partial charge in [-0.05, 0) is 31.9 Å². The molecule has 1 heterocycles. The van der Waals surface area contributed by atoms with Gasteiger partial charge in [-0.15, -0.1) is 0 Å². The molecule has 1 aliphatic rings. The summed E-state index contributed by atoms with van der Waals surface area (Å²) in [6.45, 7) is 7.17. The first-order valence-electron chi connectivity index (χ1n) is 7.31. The summed E-state index contributed by atoms with van der Waals surface area (Å²) in [7, 11) is 0. The van der Waals surface area contributed by atoms with E-state index in [4.69, 9.17) is 0 Å². The van der Waals surface area contributed by atoms with Crippen molar-refractivity contribution < 1.29 is 0 Å². The molecule has 0 radical (unpaired) electrons. The van der Waals surface area contributed by atoms with Crippen LogP contribution in [0.3, 0.4) is 0 Å². The maximum atomic E-state index is 3.37. The first-order chi connectivity index (χ1) is 9.79. The summed E-state index contributed by atoms with van der Waals surface area (Å²) >= 11 is 0. The molecule has 20 heavy (non-hydrogen) atoms. The molecule has 0 atom stereocenters. The number of allylic oxidation sites excluding steroid dienone is 3. The number of nitrogens with zero attached hydrogens (tertiary/aromatic N) is 1. The molecular weight excluding hydrogens is 244 g/mol. The van der Waals surface area contributed by atoms with Crippen molar-refractivity contribution >= 4 is 0 Å². The molecule has 0 fully saturated rings. The van der Waals surface area contributed by atoms with E-state index < -0.39 is 0 Å². The van der Waals surface area contributed by atoms with Crippen molar-refractivity contribution in [2.45, 2.75) is 26.8 Å². The van der Waals surface area contributed by atoms with Crippen LogP contribution in [0.2, 0.25) is 0 Å². The lowest BCUT2D eigenvalue weighted by Gasteiger charge is -2.27. The molecule has 0 amide bonds. The van der Waals surface area contributed by atoms with Gasteiger partial charge in [0.05, 0.1) is 0 Å². The number of benzene rings is 1. The molecule has 0 aliphatic carbocycles. The van der Waals surface area contributed by atoms with Crippen LogP contribution in [-0.2, 0) is 6.54 Å². The summed E-state index contributed by atoms with van der Waals surface area (Å²) in [5.74, 6) is 0. The first-order valence-corrected chi connectivity index (χ1v) is 7.31. The Bertz CT molecular complexity index is 497. The Kier molecular flexibility index (Phi) is 5.63. The standard InChI is InChI=1S/C18H24N2/c1-3-16(2)11-14-20(18-9-12-19-13-10-18)15-17-7-5-4-6-8-17/h3-9,11,14,19H,10,12-13,15H2,1-2H3/b14-11+,16-3+. The lowest BCUT2D eigenvalue weighted by atomic mass is 10.1. The predicted octanol–water partition coefficient (Wildman–Crippen LogP) is 3.85. The summed E-state index contributed by atoms with van der Waals surface area (Å²) in [5.41, 5.74) is 4.04. The van der Waals surface area contributed by atoms with Crippen LogP contribution < -0.4 is 5.32 Å². The van der Waals surface area contributed by atoms with E-state index in [2.05, 4.69) is 78.8 Å². The topological polar surface area (TPSA) is 15.3 Å². The minimum atomic E-state index is 0.931. The number of rotatable bonds is 5. The van der Waals surface area contributed by atoms with Gasteiger partial charge in [0, 0.05) is 31.5 Å². The maximum absolute atomic E-state index is 3.37. The van der Waals surface area contributed by atoms with Crippen LogP contribution in [-0.4, -0.2) is 18.0 Å². The Morgan fingerprint density at radius 1 is 1.30 bits per heavy atom. The Hall–Kier alpha value is -1.80. The molecule has 1 aromatic rings. The second kappa shape index (κ2) is 7.71. The lowest BCUT2D eigenvalue weighted by Crippen LogP contribution is -2.27. The van der Waals surface area contributed by atoms with Crippen molar-refractivity contribution in [1.29, 1.82) is 0 Å². The smallest absolute Gasteiger partial charge is 0.0472 e. The fraction of sp³-hybridized carbons (Fsp3) is 0.333. The van der Waals surface area contributed by atoms with Crippen molar-refractivity contribution in [1.82, 2.24) is 10.2 Å². The van der Waals surface area contributed by atoms with Crippen LogP contribution in [0, 0.1) is 0 Å². The average Bonchev–Trinajstić information content (AvgIpc) is 2.53. The second-order valence-electron chi connectivity index (χ2n) is 5.11. The van der Waals surface area contributed by atoms with Crippen molar-refractivity contribution in [3.05, 3.63) is 71.6 Å². The summed E-state index contributed by atoms with van der Waals surface area (Å²) < 4.78 is 0. The van der Waals surface area contributed by atoms with Crippen molar-refractivity contribution in [3.8, 4) is 0 Å². The first kappa shape index (κ1) is 14.6. The van der Waals surface area contributed by atoms with Crippen LogP contribution >= 0.6 is 0 Å². The van der Waals surface area contributed by atoms with Crippen LogP contribution in [0.25, 0.3) is 0 Å². The monoisotopic (exact) mass is 268 g/mol. The minimum absolute atomic E-state index is 0.931. The summed E-state index contributed by atoms with van der Waals surface area (Å²) in [4.78, 5) is 2.36. The van der Waals surface area contributed by atoms with E-state index in [-0.39, 0.29) is 0 Å². The fourth-order valence-corrected chi connectivity index (χ4v) is 2.21. The van der Waals surface area contributed by atoms with E-state index >= 15 is 0 Å². The molecule has 2 heteroatoms. The molecule has 0 bridgehead atoms. The van der Waals surface area contributed by atoms with Gasteiger partial charge >= 0.3 is 0 Å². The second-order valence-corrected chi connectivity index (χ2v) is 5.11. The van der Waals surface area contributed by atoms with E-state index in [0.29, 0.717) is 0 Å². The zero-order chi connectivity index (χ0) is 14.2. The molecule has 0 unspecified atom stereocenters. The van der Waals surface area contributed by atoms with Gasteiger partial charge in [-0.2, -0.15) is 0 Å². The van der Waals surface area contributed by atoms with Crippen molar-refractivity contribution in [2.24, 2.45) is 0 Å². The fourth-order valence-electron chi connectivity index (χ4n) is 2.21. The Labute approximate surface area is 122 Å². The maximum Gasteiger partial charge on any atom is 0.0472 e. The average molecular weight is 268 g/mol. The van der Waals surface area contributed by atoms with Gasteiger partial charge in [-0.1, -0.05) is 48.1 Å². The number of hydrogen-bond donors (Lipinski definition) is 1. The molecule has 0 aromatic heterocycles. The lowest BCUT2D eigenvalue weighted by molar-refractivity contribution is 0.424.